The zero-order chi connectivity index (χ0) is 27.8. The van der Waals surface area contributed by atoms with Crippen LogP contribution in [0.5, 0.6) is 0 Å². The molecule has 0 bridgehead atoms. The van der Waals surface area contributed by atoms with E-state index < -0.39 is 43.7 Å². The fraction of sp³-hybridized carbons (Fsp3) is 0.167. The number of carboxylic acid groups (broad SMARTS) is 1. The van der Waals surface area contributed by atoms with Gasteiger partial charge in [0.05, 0.1) is 20.3 Å². The molecule has 1 aromatic heterocycles. The van der Waals surface area contributed by atoms with Gasteiger partial charge in [0, 0.05) is 23.2 Å². The van der Waals surface area contributed by atoms with Gasteiger partial charge in [0.2, 0.25) is 0 Å². The number of thiophene rings is 1. The van der Waals surface area contributed by atoms with Crippen molar-refractivity contribution in [1.82, 2.24) is 4.31 Å². The summed E-state index contributed by atoms with van der Waals surface area (Å²) in [7, 11) is -8.19. The van der Waals surface area contributed by atoms with E-state index in [0.717, 1.165) is 28.6 Å². The number of sulfone groups is 1. The molecule has 1 N–H and O–H groups in total. The van der Waals surface area contributed by atoms with E-state index in [-0.39, 0.29) is 39.0 Å². The van der Waals surface area contributed by atoms with Crippen LogP contribution in [0, 0.1) is 5.82 Å². The van der Waals surface area contributed by atoms with E-state index >= 15 is 4.39 Å². The van der Waals surface area contributed by atoms with Crippen LogP contribution < -0.4 is 4.90 Å². The Kier molecular flexibility index (Phi) is 7.66. The van der Waals surface area contributed by atoms with Crippen molar-refractivity contribution < 1.29 is 35.9 Å². The number of halogens is 2. The Morgan fingerprint density at radius 3 is 2.47 bits per heavy atom. The number of hydrogen-bond acceptors (Lipinski definition) is 7. The van der Waals surface area contributed by atoms with Gasteiger partial charge in [-0.15, -0.1) is 11.3 Å². The van der Waals surface area contributed by atoms with Crippen molar-refractivity contribution in [3.63, 3.8) is 0 Å². The summed E-state index contributed by atoms with van der Waals surface area (Å²) >= 11 is 6.91. The first-order valence-electron chi connectivity index (χ1n) is 10.9. The largest absolute Gasteiger partial charge is 0.464 e. The molecule has 3 aromatic rings. The highest BCUT2D eigenvalue weighted by Gasteiger charge is 2.44. The minimum atomic E-state index is -4.59. The lowest BCUT2D eigenvalue weighted by Crippen LogP contribution is -2.47. The summed E-state index contributed by atoms with van der Waals surface area (Å²) in [4.78, 5) is 26.5. The number of benzene rings is 2. The Labute approximate surface area is 227 Å². The molecule has 0 saturated carbocycles. The molecule has 1 aliphatic heterocycles. The molecule has 2 amide bonds. The summed E-state index contributed by atoms with van der Waals surface area (Å²) in [6, 6.07) is 11.3. The lowest BCUT2D eigenvalue weighted by Gasteiger charge is -2.24. The molecule has 0 aliphatic carbocycles. The van der Waals surface area contributed by atoms with E-state index in [2.05, 4.69) is 0 Å². The van der Waals surface area contributed by atoms with E-state index in [4.69, 9.17) is 11.6 Å². The van der Waals surface area contributed by atoms with Crippen LogP contribution in [0.1, 0.15) is 11.3 Å². The van der Waals surface area contributed by atoms with E-state index in [1.54, 1.807) is 24.3 Å². The van der Waals surface area contributed by atoms with Gasteiger partial charge in [-0.1, -0.05) is 35.9 Å². The second-order valence-corrected chi connectivity index (χ2v) is 13.7. The fourth-order valence-corrected chi connectivity index (χ4v) is 7.28. The zero-order valence-corrected chi connectivity index (χ0v) is 22.8. The molecule has 9 nitrogen and oxygen atoms in total. The van der Waals surface area contributed by atoms with Crippen LogP contribution in [-0.2, 0) is 24.7 Å². The predicted octanol–water partition coefficient (Wildman–Crippen LogP) is 4.70. The van der Waals surface area contributed by atoms with Crippen molar-refractivity contribution in [3.05, 3.63) is 75.0 Å². The number of carbonyl (C=O) groups excluding carboxylic acids is 1. The van der Waals surface area contributed by atoms with Gasteiger partial charge in [0.15, 0.2) is 9.84 Å². The Bertz CT molecular complexity index is 1670. The molecule has 2 aromatic carbocycles. The normalized spacial score (nSPS) is 16.3. The summed E-state index contributed by atoms with van der Waals surface area (Å²) in [5.74, 6) is -1.77. The van der Waals surface area contributed by atoms with Gasteiger partial charge in [-0.05, 0) is 48.4 Å². The zero-order valence-electron chi connectivity index (χ0n) is 19.6. The first kappa shape index (κ1) is 27.8. The predicted molar refractivity (Wildman–Crippen MR) is 143 cm³/mol. The molecule has 1 atom stereocenters. The monoisotopic (exact) mass is 598 g/mol. The molecule has 0 spiro atoms. The molecule has 200 valence electrons. The molecular formula is C24H20ClFN2O7S3. The van der Waals surface area contributed by atoms with Gasteiger partial charge in [0.25, 0.3) is 15.9 Å². The summed E-state index contributed by atoms with van der Waals surface area (Å²) in [5.41, 5.74) is 0.335. The molecular weight excluding hydrogens is 579 g/mol. The topological polar surface area (TPSA) is 129 Å². The SMILES string of the molecule is CS(=O)(=O)c1ccccc1-c1ccc(N2CC[C@H](N(C(=O)O)S(=O)(=O)/C=C/c3ccc(Cl)s3)C2=O)c(F)c1. The standard InChI is InChI=1S/C24H20ClFN2O7S3/c1-37(32,33)21-5-3-2-4-17(21)15-6-8-19(18(26)14-15)27-12-10-20(23(27)29)28(24(30)31)38(34,35)13-11-16-7-9-22(25)36-16/h2-9,11,13-14,20H,10,12H2,1H3,(H,30,31)/b13-11+/t20-/m0/s1. The molecule has 2 heterocycles. The number of amides is 2. The number of rotatable bonds is 7. The Balaban J connectivity index is 1.62. The summed E-state index contributed by atoms with van der Waals surface area (Å²) < 4.78 is 65.6. The molecule has 1 saturated heterocycles. The highest BCUT2D eigenvalue weighted by atomic mass is 35.5. The number of hydrogen-bond donors (Lipinski definition) is 1. The van der Waals surface area contributed by atoms with Crippen LogP contribution in [0.25, 0.3) is 17.2 Å². The van der Waals surface area contributed by atoms with Crippen molar-refractivity contribution in [2.45, 2.75) is 17.4 Å². The summed E-state index contributed by atoms with van der Waals surface area (Å²) in [6.07, 6.45) is 0.159. The summed E-state index contributed by atoms with van der Waals surface area (Å²) in [5, 5.41) is 10.3. The minimum Gasteiger partial charge on any atom is -0.464 e. The molecule has 1 aliphatic rings. The smallest absolute Gasteiger partial charge is 0.422 e. The third-order valence-electron chi connectivity index (χ3n) is 5.76. The van der Waals surface area contributed by atoms with Crippen molar-refractivity contribution in [2.24, 2.45) is 0 Å². The van der Waals surface area contributed by atoms with Crippen LogP contribution in [0.4, 0.5) is 14.9 Å². The van der Waals surface area contributed by atoms with E-state index in [1.807, 2.05) is 0 Å². The van der Waals surface area contributed by atoms with Gasteiger partial charge < -0.3 is 10.0 Å². The van der Waals surface area contributed by atoms with Crippen molar-refractivity contribution >= 4 is 66.6 Å². The van der Waals surface area contributed by atoms with Crippen LogP contribution in [0.3, 0.4) is 0 Å². The molecule has 14 heteroatoms. The number of anilines is 1. The highest BCUT2D eigenvalue weighted by Crippen LogP contribution is 2.34. The van der Waals surface area contributed by atoms with E-state index in [0.29, 0.717) is 14.6 Å². The fourth-order valence-electron chi connectivity index (χ4n) is 4.10. The van der Waals surface area contributed by atoms with Crippen LogP contribution in [0.15, 0.2) is 64.9 Å². The molecule has 1 fully saturated rings. The number of carbonyl (C=O) groups is 2. The maximum atomic E-state index is 15.2. The summed E-state index contributed by atoms with van der Waals surface area (Å²) in [6.45, 7) is -0.136. The minimum absolute atomic E-state index is 0.00430. The van der Waals surface area contributed by atoms with Crippen molar-refractivity contribution in [3.8, 4) is 11.1 Å². The lowest BCUT2D eigenvalue weighted by atomic mass is 10.0. The molecule has 0 unspecified atom stereocenters. The van der Waals surface area contributed by atoms with Gasteiger partial charge in [0.1, 0.15) is 11.9 Å². The number of sulfonamides is 1. The van der Waals surface area contributed by atoms with Gasteiger partial charge in [-0.2, -0.15) is 4.31 Å². The molecule has 4 rings (SSSR count). The maximum absolute atomic E-state index is 15.2. The quantitative estimate of drug-likeness (QED) is 0.417. The van der Waals surface area contributed by atoms with Gasteiger partial charge in [-0.3, -0.25) is 4.79 Å². The third kappa shape index (κ3) is 5.60. The van der Waals surface area contributed by atoms with Gasteiger partial charge >= 0.3 is 6.09 Å². The second kappa shape index (κ2) is 10.5. The first-order chi connectivity index (χ1) is 17.8. The Morgan fingerprint density at radius 2 is 1.87 bits per heavy atom. The Morgan fingerprint density at radius 1 is 1.16 bits per heavy atom. The third-order valence-corrected chi connectivity index (χ3v) is 9.55. The molecule has 0 radical (unpaired) electrons. The average molecular weight is 599 g/mol. The number of nitrogens with zero attached hydrogens (tertiary/aromatic N) is 2. The van der Waals surface area contributed by atoms with Crippen molar-refractivity contribution in [1.29, 1.82) is 0 Å². The molecule has 38 heavy (non-hydrogen) atoms. The second-order valence-electron chi connectivity index (χ2n) is 8.30. The van der Waals surface area contributed by atoms with Crippen molar-refractivity contribution in [2.75, 3.05) is 17.7 Å². The van der Waals surface area contributed by atoms with Gasteiger partial charge in [-0.25, -0.2) is 26.0 Å². The van der Waals surface area contributed by atoms with Crippen LogP contribution >= 0.6 is 22.9 Å². The highest BCUT2D eigenvalue weighted by molar-refractivity contribution is 7.92. The van der Waals surface area contributed by atoms with E-state index in [1.165, 1.54) is 30.3 Å². The lowest BCUT2D eigenvalue weighted by molar-refractivity contribution is -0.120. The van der Waals surface area contributed by atoms with Crippen LogP contribution in [-0.4, -0.2) is 57.1 Å². The average Bonchev–Trinajstić information content (AvgIpc) is 3.42. The van der Waals surface area contributed by atoms with Crippen LogP contribution in [0.2, 0.25) is 4.34 Å². The van der Waals surface area contributed by atoms with E-state index in [9.17, 15) is 31.5 Å². The first-order valence-corrected chi connectivity index (χ1v) is 15.5. The maximum Gasteiger partial charge on any atom is 0.422 e. The Hall–Kier alpha value is -3.26.